The van der Waals surface area contributed by atoms with E-state index in [0.29, 0.717) is 11.1 Å². The Labute approximate surface area is 140 Å². The zero-order valence-electron chi connectivity index (χ0n) is 13.0. The first-order valence-electron chi connectivity index (χ1n) is 7.92. The molecule has 4 nitrogen and oxygen atoms in total. The summed E-state index contributed by atoms with van der Waals surface area (Å²) < 4.78 is 5.47. The average Bonchev–Trinajstić information content (AvgIpc) is 3.17. The number of halogens is 1. The first-order chi connectivity index (χ1) is 11.2. The predicted octanol–water partition coefficient (Wildman–Crippen LogP) is 4.52. The minimum atomic E-state index is 0.292. The van der Waals surface area contributed by atoms with E-state index < -0.39 is 0 Å². The topological polar surface area (TPSA) is 42.2 Å². The van der Waals surface area contributed by atoms with Crippen LogP contribution in [0.3, 0.4) is 0 Å². The number of likely N-dealkylation sites (tertiary alicyclic amines) is 1. The molecule has 1 aliphatic rings. The van der Waals surface area contributed by atoms with Gasteiger partial charge in [0.25, 0.3) is 0 Å². The molecule has 0 bridgehead atoms. The lowest BCUT2D eigenvalue weighted by Crippen LogP contribution is -2.23. The van der Waals surface area contributed by atoms with Gasteiger partial charge in [0.15, 0.2) is 5.76 Å². The average molecular weight is 328 g/mol. The molecule has 0 spiro atoms. The molecule has 0 radical (unpaired) electrons. The van der Waals surface area contributed by atoms with Gasteiger partial charge in [-0.3, -0.25) is 4.90 Å². The molecule has 1 fully saturated rings. The van der Waals surface area contributed by atoms with E-state index in [1.165, 1.54) is 6.42 Å². The van der Waals surface area contributed by atoms with E-state index in [1.54, 1.807) is 0 Å². The molecule has 2 aromatic heterocycles. The molecule has 0 saturated carbocycles. The van der Waals surface area contributed by atoms with Crippen LogP contribution in [0.25, 0.3) is 10.9 Å². The highest BCUT2D eigenvalue weighted by Crippen LogP contribution is 2.33. The number of aryl methyl sites for hydroxylation is 1. The van der Waals surface area contributed by atoms with Crippen LogP contribution in [0, 0.1) is 6.92 Å². The van der Waals surface area contributed by atoms with E-state index in [0.717, 1.165) is 47.6 Å². The van der Waals surface area contributed by atoms with E-state index in [4.69, 9.17) is 21.1 Å². The van der Waals surface area contributed by atoms with Gasteiger partial charge in [-0.15, -0.1) is 0 Å². The quantitative estimate of drug-likeness (QED) is 0.709. The number of para-hydroxylation sites is 1. The summed E-state index contributed by atoms with van der Waals surface area (Å²) in [5, 5.41) is 5.80. The highest BCUT2D eigenvalue weighted by atomic mass is 35.5. The summed E-state index contributed by atoms with van der Waals surface area (Å²) in [6.45, 7) is 3.80. The molecule has 5 heteroatoms. The van der Waals surface area contributed by atoms with Crippen molar-refractivity contribution in [2.45, 2.75) is 32.4 Å². The summed E-state index contributed by atoms with van der Waals surface area (Å²) in [7, 11) is 0. The van der Waals surface area contributed by atoms with Crippen molar-refractivity contribution in [2.24, 2.45) is 0 Å². The second-order valence-electron chi connectivity index (χ2n) is 6.11. The largest absolute Gasteiger partial charge is 0.359 e. The zero-order valence-corrected chi connectivity index (χ0v) is 13.8. The maximum Gasteiger partial charge on any atom is 0.154 e. The molecule has 1 saturated heterocycles. The van der Waals surface area contributed by atoms with Crippen molar-refractivity contribution >= 4 is 22.5 Å². The fourth-order valence-electron chi connectivity index (χ4n) is 3.33. The lowest BCUT2D eigenvalue weighted by Gasteiger charge is -2.22. The van der Waals surface area contributed by atoms with Crippen LogP contribution >= 0.6 is 11.6 Å². The summed E-state index contributed by atoms with van der Waals surface area (Å²) in [4.78, 5) is 7.16. The molecular weight excluding hydrogens is 310 g/mol. The van der Waals surface area contributed by atoms with Crippen LogP contribution < -0.4 is 0 Å². The number of hydrogen-bond acceptors (Lipinski definition) is 4. The van der Waals surface area contributed by atoms with Gasteiger partial charge in [0.05, 0.1) is 28.0 Å². The first kappa shape index (κ1) is 14.7. The Morgan fingerprint density at radius 2 is 2.22 bits per heavy atom. The Morgan fingerprint density at radius 1 is 1.30 bits per heavy atom. The number of hydrogen-bond donors (Lipinski definition) is 0. The van der Waals surface area contributed by atoms with Crippen molar-refractivity contribution < 1.29 is 4.52 Å². The molecule has 1 aromatic carbocycles. The smallest absolute Gasteiger partial charge is 0.154 e. The monoisotopic (exact) mass is 327 g/mol. The van der Waals surface area contributed by atoms with Crippen LogP contribution in [0.5, 0.6) is 0 Å². The van der Waals surface area contributed by atoms with Gasteiger partial charge in [-0.2, -0.15) is 0 Å². The van der Waals surface area contributed by atoms with Gasteiger partial charge in [-0.05, 0) is 38.4 Å². The van der Waals surface area contributed by atoms with Crippen LogP contribution in [0.15, 0.2) is 40.9 Å². The van der Waals surface area contributed by atoms with E-state index in [2.05, 4.69) is 22.2 Å². The van der Waals surface area contributed by atoms with Crippen LogP contribution in [-0.2, 0) is 6.54 Å². The normalized spacial score (nSPS) is 18.8. The van der Waals surface area contributed by atoms with Crippen molar-refractivity contribution in [3.05, 3.63) is 58.6 Å². The highest BCUT2D eigenvalue weighted by molar-refractivity contribution is 6.35. The fraction of sp³-hybridized carbons (Fsp3) is 0.333. The molecule has 1 atom stereocenters. The third-order valence-corrected chi connectivity index (χ3v) is 4.74. The Kier molecular flexibility index (Phi) is 3.79. The Hall–Kier alpha value is -1.91. The van der Waals surface area contributed by atoms with Gasteiger partial charge in [-0.25, -0.2) is 4.98 Å². The summed E-state index contributed by atoms with van der Waals surface area (Å²) in [6, 6.07) is 12.4. The van der Waals surface area contributed by atoms with Crippen molar-refractivity contribution in [2.75, 3.05) is 6.54 Å². The number of nitrogens with zero attached hydrogens (tertiary/aromatic N) is 3. The SMILES string of the molecule is Cc1cc([C@@H]2CCCN2Cc2ccc3cccc(Cl)c3n2)on1. The molecule has 0 unspecified atom stereocenters. The fourth-order valence-corrected chi connectivity index (χ4v) is 3.55. The molecule has 1 aliphatic heterocycles. The third kappa shape index (κ3) is 2.84. The van der Waals surface area contributed by atoms with Crippen LogP contribution in [-0.4, -0.2) is 21.6 Å². The molecule has 0 amide bonds. The van der Waals surface area contributed by atoms with E-state index in [9.17, 15) is 0 Å². The molecular formula is C18H18ClN3O. The Morgan fingerprint density at radius 3 is 3.04 bits per heavy atom. The van der Waals surface area contributed by atoms with Crippen LogP contribution in [0.4, 0.5) is 0 Å². The number of rotatable bonds is 3. The number of aromatic nitrogens is 2. The van der Waals surface area contributed by atoms with Gasteiger partial charge in [0, 0.05) is 18.0 Å². The van der Waals surface area contributed by atoms with Crippen molar-refractivity contribution in [3.8, 4) is 0 Å². The summed E-state index contributed by atoms with van der Waals surface area (Å²) in [5.74, 6) is 0.957. The molecule has 23 heavy (non-hydrogen) atoms. The van der Waals surface area contributed by atoms with Crippen molar-refractivity contribution in [1.29, 1.82) is 0 Å². The van der Waals surface area contributed by atoms with Gasteiger partial charge < -0.3 is 4.52 Å². The maximum absolute atomic E-state index is 6.27. The molecule has 0 N–H and O–H groups in total. The summed E-state index contributed by atoms with van der Waals surface area (Å²) >= 11 is 6.27. The van der Waals surface area contributed by atoms with Gasteiger partial charge in [0.2, 0.25) is 0 Å². The summed E-state index contributed by atoms with van der Waals surface area (Å²) in [6.07, 6.45) is 2.27. The lowest BCUT2D eigenvalue weighted by atomic mass is 10.1. The second kappa shape index (κ2) is 5.95. The van der Waals surface area contributed by atoms with Crippen LogP contribution in [0.1, 0.15) is 36.0 Å². The van der Waals surface area contributed by atoms with E-state index >= 15 is 0 Å². The Bertz CT molecular complexity index is 845. The molecule has 3 aromatic rings. The molecule has 118 valence electrons. The van der Waals surface area contributed by atoms with E-state index in [-0.39, 0.29) is 0 Å². The van der Waals surface area contributed by atoms with Gasteiger partial charge in [0.1, 0.15) is 0 Å². The Balaban J connectivity index is 1.60. The number of benzene rings is 1. The van der Waals surface area contributed by atoms with Crippen molar-refractivity contribution in [1.82, 2.24) is 15.0 Å². The standard InChI is InChI=1S/C18H18ClN3O/c1-12-10-17(23-21-12)16-6-3-9-22(16)11-14-8-7-13-4-2-5-15(19)18(13)20-14/h2,4-5,7-8,10,16H,3,6,9,11H2,1H3/t16-/m0/s1. The minimum Gasteiger partial charge on any atom is -0.359 e. The van der Waals surface area contributed by atoms with Crippen molar-refractivity contribution in [3.63, 3.8) is 0 Å². The maximum atomic E-state index is 6.27. The molecule has 4 rings (SSSR count). The van der Waals surface area contributed by atoms with Gasteiger partial charge >= 0.3 is 0 Å². The highest BCUT2D eigenvalue weighted by Gasteiger charge is 2.29. The first-order valence-corrected chi connectivity index (χ1v) is 8.30. The van der Waals surface area contributed by atoms with Crippen LogP contribution in [0.2, 0.25) is 5.02 Å². The number of fused-ring (bicyclic) bond motifs is 1. The minimum absolute atomic E-state index is 0.292. The third-order valence-electron chi connectivity index (χ3n) is 4.43. The lowest BCUT2D eigenvalue weighted by molar-refractivity contribution is 0.205. The zero-order chi connectivity index (χ0) is 15.8. The summed E-state index contributed by atoms with van der Waals surface area (Å²) in [5.41, 5.74) is 2.84. The van der Waals surface area contributed by atoms with E-state index in [1.807, 2.05) is 31.2 Å². The predicted molar refractivity (Wildman–Crippen MR) is 90.4 cm³/mol. The second-order valence-corrected chi connectivity index (χ2v) is 6.52. The molecule has 0 aliphatic carbocycles. The molecule has 3 heterocycles. The van der Waals surface area contributed by atoms with Gasteiger partial charge in [-0.1, -0.05) is 35.0 Å². The number of pyridine rings is 1.